The second-order valence-corrected chi connectivity index (χ2v) is 7.71. The highest BCUT2D eigenvalue weighted by Gasteiger charge is 2.25. The molecule has 0 aliphatic carbocycles. The third-order valence-electron chi connectivity index (χ3n) is 5.65. The molecule has 2 N–H and O–H groups in total. The Balaban J connectivity index is 1.70. The van der Waals surface area contributed by atoms with Crippen LogP contribution in [0.1, 0.15) is 30.9 Å². The molecule has 5 aromatic rings. The highest BCUT2D eigenvalue weighted by Crippen LogP contribution is 2.39. The summed E-state index contributed by atoms with van der Waals surface area (Å²) >= 11 is 0. The minimum Gasteiger partial charge on any atom is -0.480 e. The van der Waals surface area contributed by atoms with E-state index in [2.05, 4.69) is 30.2 Å². The average molecular weight is 459 g/mol. The van der Waals surface area contributed by atoms with E-state index in [1.807, 2.05) is 17.7 Å². The second kappa shape index (κ2) is 8.50. The maximum absolute atomic E-state index is 14.3. The molecule has 0 spiro atoms. The zero-order chi connectivity index (χ0) is 23.8. The minimum absolute atomic E-state index is 0.249. The normalized spacial score (nSPS) is 12.2. The maximum Gasteiger partial charge on any atom is 0.224 e. The van der Waals surface area contributed by atoms with Gasteiger partial charge in [0, 0.05) is 18.0 Å². The van der Waals surface area contributed by atoms with Crippen LogP contribution in [-0.4, -0.2) is 46.6 Å². The summed E-state index contributed by atoms with van der Waals surface area (Å²) in [6.45, 7) is 3.82. The van der Waals surface area contributed by atoms with E-state index >= 15 is 0 Å². The Morgan fingerprint density at radius 2 is 1.97 bits per heavy atom. The molecule has 0 saturated heterocycles. The number of ether oxygens (including phenoxy) is 1. The van der Waals surface area contributed by atoms with E-state index in [0.29, 0.717) is 51.9 Å². The number of halogens is 1. The lowest BCUT2D eigenvalue weighted by Gasteiger charge is -2.15. The topological polar surface area (TPSA) is 122 Å². The first-order chi connectivity index (χ1) is 16.5. The van der Waals surface area contributed by atoms with Crippen molar-refractivity contribution in [1.82, 2.24) is 39.5 Å². The van der Waals surface area contributed by atoms with E-state index in [0.717, 1.165) is 5.56 Å². The van der Waals surface area contributed by atoms with Crippen LogP contribution in [0.15, 0.2) is 49.2 Å². The van der Waals surface area contributed by atoms with Crippen LogP contribution in [0, 0.1) is 12.7 Å². The van der Waals surface area contributed by atoms with Crippen molar-refractivity contribution in [2.45, 2.75) is 26.3 Å². The van der Waals surface area contributed by atoms with Crippen LogP contribution in [-0.2, 0) is 0 Å². The maximum atomic E-state index is 14.3. The Hall–Kier alpha value is -4.41. The summed E-state index contributed by atoms with van der Waals surface area (Å²) in [5.41, 5.74) is 9.37. The summed E-state index contributed by atoms with van der Waals surface area (Å²) < 4.78 is 23.2. The number of fused-ring (bicyclic) bond motifs is 1. The molecule has 0 aliphatic rings. The Labute approximate surface area is 194 Å². The van der Waals surface area contributed by atoms with Gasteiger partial charge in [0.05, 0.1) is 30.3 Å². The van der Waals surface area contributed by atoms with Gasteiger partial charge in [-0.05, 0) is 25.5 Å². The fraction of sp³-hybridized carbons (Fsp3) is 0.217. The molecule has 5 rings (SSSR count). The van der Waals surface area contributed by atoms with Gasteiger partial charge in [-0.3, -0.25) is 0 Å². The minimum atomic E-state index is -0.381. The first-order valence-corrected chi connectivity index (χ1v) is 10.7. The van der Waals surface area contributed by atoms with Crippen molar-refractivity contribution >= 4 is 16.9 Å². The summed E-state index contributed by atoms with van der Waals surface area (Å²) in [7, 11) is 1.55. The molecule has 0 bridgehead atoms. The van der Waals surface area contributed by atoms with Gasteiger partial charge in [0.2, 0.25) is 5.88 Å². The Kier molecular flexibility index (Phi) is 5.36. The van der Waals surface area contributed by atoms with Gasteiger partial charge in [0.1, 0.15) is 40.8 Å². The molecule has 0 radical (unpaired) electrons. The number of nitrogen functional groups attached to an aromatic ring is 1. The summed E-state index contributed by atoms with van der Waals surface area (Å²) in [4.78, 5) is 17.4. The number of anilines is 1. The third kappa shape index (κ3) is 3.51. The molecule has 10 nitrogen and oxygen atoms in total. The summed E-state index contributed by atoms with van der Waals surface area (Å²) in [5, 5.41) is 9.18. The largest absolute Gasteiger partial charge is 0.480 e. The number of aromatic nitrogens is 8. The molecule has 1 aromatic carbocycles. The highest BCUT2D eigenvalue weighted by molar-refractivity contribution is 6.01. The third-order valence-corrected chi connectivity index (χ3v) is 5.65. The Morgan fingerprint density at radius 1 is 1.15 bits per heavy atom. The lowest BCUT2D eigenvalue weighted by atomic mass is 10.1. The standard InChI is InChI=1S/C23H22FN9O/c1-4-18(17-11-33(31-30-17)19-8-6-5-7-16(19)24)32-10-15(14-9-26-12-27-23(14)34-3)20-21(25)28-13(2)29-22(20)32/h5-12,18H,4H2,1-3H3,(H2,25,28,29). The van der Waals surface area contributed by atoms with Crippen molar-refractivity contribution in [3.8, 4) is 22.7 Å². The number of nitrogens with zero attached hydrogens (tertiary/aromatic N) is 8. The number of rotatable bonds is 6. The molecular weight excluding hydrogens is 437 g/mol. The molecule has 0 fully saturated rings. The van der Waals surface area contributed by atoms with E-state index in [1.54, 1.807) is 44.6 Å². The summed E-state index contributed by atoms with van der Waals surface area (Å²) in [6.07, 6.45) is 7.40. The number of hydrogen-bond acceptors (Lipinski definition) is 8. The number of hydrogen-bond donors (Lipinski definition) is 1. The van der Waals surface area contributed by atoms with E-state index in [4.69, 9.17) is 10.5 Å². The predicted molar refractivity (Wildman–Crippen MR) is 124 cm³/mol. The van der Waals surface area contributed by atoms with Gasteiger partial charge in [0.15, 0.2) is 0 Å². The molecule has 0 saturated carbocycles. The van der Waals surface area contributed by atoms with Crippen molar-refractivity contribution in [2.24, 2.45) is 0 Å². The molecule has 11 heteroatoms. The van der Waals surface area contributed by atoms with Crippen molar-refractivity contribution in [3.05, 3.63) is 66.5 Å². The fourth-order valence-corrected chi connectivity index (χ4v) is 4.13. The number of benzene rings is 1. The number of nitrogens with two attached hydrogens (primary N) is 1. The van der Waals surface area contributed by atoms with Crippen LogP contribution in [0.5, 0.6) is 5.88 Å². The van der Waals surface area contributed by atoms with Gasteiger partial charge < -0.3 is 15.0 Å². The van der Waals surface area contributed by atoms with Gasteiger partial charge in [-0.2, -0.15) is 0 Å². The molecule has 1 unspecified atom stereocenters. The van der Waals surface area contributed by atoms with Crippen LogP contribution >= 0.6 is 0 Å². The monoisotopic (exact) mass is 459 g/mol. The zero-order valence-corrected chi connectivity index (χ0v) is 18.8. The number of aryl methyl sites for hydroxylation is 1. The van der Waals surface area contributed by atoms with Gasteiger partial charge in [-0.25, -0.2) is 29.0 Å². The van der Waals surface area contributed by atoms with Crippen molar-refractivity contribution in [1.29, 1.82) is 0 Å². The second-order valence-electron chi connectivity index (χ2n) is 7.71. The number of para-hydroxylation sites is 1. The van der Waals surface area contributed by atoms with Gasteiger partial charge in [-0.15, -0.1) is 5.10 Å². The molecule has 4 aromatic heterocycles. The smallest absolute Gasteiger partial charge is 0.224 e. The molecular formula is C23H22FN9O. The molecule has 34 heavy (non-hydrogen) atoms. The summed E-state index contributed by atoms with van der Waals surface area (Å²) in [5.74, 6) is 0.907. The van der Waals surface area contributed by atoms with Crippen molar-refractivity contribution < 1.29 is 9.13 Å². The quantitative estimate of drug-likeness (QED) is 0.409. The lowest BCUT2D eigenvalue weighted by Crippen LogP contribution is -2.11. The highest BCUT2D eigenvalue weighted by atomic mass is 19.1. The van der Waals surface area contributed by atoms with Gasteiger partial charge in [-0.1, -0.05) is 24.3 Å². The number of methoxy groups -OCH3 is 1. The zero-order valence-electron chi connectivity index (χ0n) is 18.8. The van der Waals surface area contributed by atoms with E-state index in [9.17, 15) is 4.39 Å². The van der Waals surface area contributed by atoms with Crippen molar-refractivity contribution in [3.63, 3.8) is 0 Å². The Bertz CT molecular complexity index is 1490. The van der Waals surface area contributed by atoms with E-state index in [1.165, 1.54) is 17.1 Å². The van der Waals surface area contributed by atoms with Crippen LogP contribution < -0.4 is 10.5 Å². The Morgan fingerprint density at radius 3 is 2.74 bits per heavy atom. The molecule has 172 valence electrons. The predicted octanol–water partition coefficient (Wildman–Crippen LogP) is 3.51. The molecule has 4 heterocycles. The van der Waals surface area contributed by atoms with E-state index < -0.39 is 0 Å². The fourth-order valence-electron chi connectivity index (χ4n) is 4.13. The average Bonchev–Trinajstić information content (AvgIpc) is 3.46. The lowest BCUT2D eigenvalue weighted by molar-refractivity contribution is 0.398. The molecule has 0 aliphatic heterocycles. The first-order valence-electron chi connectivity index (χ1n) is 10.7. The van der Waals surface area contributed by atoms with Gasteiger partial charge >= 0.3 is 0 Å². The SMILES string of the molecule is CCC(c1cn(-c2ccccc2F)nn1)n1cc(-c2cncnc2OC)c2c(N)nc(C)nc21. The van der Waals surface area contributed by atoms with Crippen LogP contribution in [0.3, 0.4) is 0 Å². The first kappa shape index (κ1) is 21.4. The summed E-state index contributed by atoms with van der Waals surface area (Å²) in [6, 6.07) is 6.17. The van der Waals surface area contributed by atoms with Crippen LogP contribution in [0.25, 0.3) is 27.8 Å². The van der Waals surface area contributed by atoms with Crippen molar-refractivity contribution in [2.75, 3.05) is 12.8 Å². The van der Waals surface area contributed by atoms with E-state index in [-0.39, 0.29) is 11.9 Å². The van der Waals surface area contributed by atoms with Crippen LogP contribution in [0.2, 0.25) is 0 Å². The van der Waals surface area contributed by atoms with Gasteiger partial charge in [0.25, 0.3) is 0 Å². The molecule has 1 atom stereocenters. The van der Waals surface area contributed by atoms with Crippen LogP contribution in [0.4, 0.5) is 10.2 Å². The molecule has 0 amide bonds.